The molecule has 4 rings (SSSR count). The number of hydrogen-bond acceptors (Lipinski definition) is 8. The van der Waals surface area contributed by atoms with Crippen molar-refractivity contribution in [1.82, 2.24) is 20.2 Å². The monoisotopic (exact) mass is 608 g/mol. The molecule has 228 valence electrons. The van der Waals surface area contributed by atoms with Crippen molar-refractivity contribution >= 4 is 26.6 Å². The highest BCUT2D eigenvalue weighted by atomic mass is 31.1. The van der Waals surface area contributed by atoms with Crippen molar-refractivity contribution in [3.8, 4) is 0 Å². The van der Waals surface area contributed by atoms with Gasteiger partial charge in [0.15, 0.2) is 6.23 Å². The zero-order chi connectivity index (χ0) is 30.4. The molecule has 0 radical (unpaired) electrons. The van der Waals surface area contributed by atoms with Crippen molar-refractivity contribution in [2.75, 3.05) is 0 Å². The van der Waals surface area contributed by atoms with Crippen LogP contribution in [-0.2, 0) is 42.9 Å². The van der Waals surface area contributed by atoms with Crippen molar-refractivity contribution in [3.05, 3.63) is 90.0 Å². The third-order valence-electron chi connectivity index (χ3n) is 7.60. The lowest BCUT2D eigenvalue weighted by molar-refractivity contribution is -0.140. The van der Waals surface area contributed by atoms with E-state index in [1.165, 1.54) is 12.5 Å². The van der Waals surface area contributed by atoms with Crippen LogP contribution in [0.2, 0.25) is 0 Å². The Morgan fingerprint density at radius 3 is 2.30 bits per heavy atom. The van der Waals surface area contributed by atoms with Crippen LogP contribution in [0, 0.1) is 5.92 Å². The molecular formula is C31H39N5O6P+. The van der Waals surface area contributed by atoms with E-state index in [4.69, 9.17) is 15.0 Å². The molecule has 4 N–H and O–H groups in total. The molecule has 4 atom stereocenters. The minimum atomic E-state index is -1.36. The number of amides is 3. The smallest absolute Gasteiger partial charge is 0.444 e. The van der Waals surface area contributed by atoms with E-state index in [2.05, 4.69) is 15.3 Å². The van der Waals surface area contributed by atoms with E-state index in [0.717, 1.165) is 42.6 Å². The summed E-state index contributed by atoms with van der Waals surface area (Å²) in [5.41, 5.74) is 8.39. The Hall–Kier alpha value is -3.92. The number of nitrogens with zero attached hydrogens (tertiary/aromatic N) is 2. The summed E-state index contributed by atoms with van der Waals surface area (Å²) in [5, 5.41) is 2.80. The van der Waals surface area contributed by atoms with E-state index in [1.54, 1.807) is 24.3 Å². The van der Waals surface area contributed by atoms with Crippen LogP contribution >= 0.6 is 8.69 Å². The second-order valence-electron chi connectivity index (χ2n) is 10.8. The average Bonchev–Trinajstić information content (AvgIpc) is 3.54. The third-order valence-corrected chi connectivity index (χ3v) is 7.98. The molecule has 43 heavy (non-hydrogen) atoms. The molecule has 3 aromatic rings. The number of aromatic amines is 1. The van der Waals surface area contributed by atoms with E-state index in [9.17, 15) is 18.9 Å². The minimum Gasteiger partial charge on any atom is -0.444 e. The molecule has 1 aromatic heterocycles. The molecule has 3 amide bonds. The first kappa shape index (κ1) is 32.0. The summed E-state index contributed by atoms with van der Waals surface area (Å²) in [4.78, 5) is 49.3. The number of carbonyl (C=O) groups excluding carboxylic acids is 3. The van der Waals surface area contributed by atoms with Gasteiger partial charge in [-0.1, -0.05) is 92.8 Å². The molecule has 1 saturated carbocycles. The fraction of sp³-hybridized carbons (Fsp3) is 0.419. The van der Waals surface area contributed by atoms with E-state index < -0.39 is 44.9 Å². The molecule has 0 bridgehead atoms. The van der Waals surface area contributed by atoms with Gasteiger partial charge in [-0.3, -0.25) is 9.59 Å². The highest BCUT2D eigenvalue weighted by Gasteiger charge is 2.40. The number of hydrogen-bond donors (Lipinski definition) is 3. The number of imide groups is 1. The molecule has 1 fully saturated rings. The Balaban J connectivity index is 1.61. The van der Waals surface area contributed by atoms with Gasteiger partial charge in [-0.2, -0.15) is 0 Å². The number of ether oxygens (including phenoxy) is 1. The number of carbonyl (C=O) groups is 3. The number of imidazole rings is 1. The zero-order valence-corrected chi connectivity index (χ0v) is 25.0. The first-order chi connectivity index (χ1) is 20.9. The Bertz CT molecular complexity index is 1300. The van der Waals surface area contributed by atoms with Crippen LogP contribution in [0.5, 0.6) is 0 Å². The van der Waals surface area contributed by atoms with E-state index >= 15 is 0 Å². The van der Waals surface area contributed by atoms with Crippen LogP contribution in [0.15, 0.2) is 73.2 Å². The van der Waals surface area contributed by atoms with Gasteiger partial charge in [-0.25, -0.2) is 14.7 Å². The zero-order valence-electron chi connectivity index (χ0n) is 24.0. The molecule has 0 spiro atoms. The fourth-order valence-corrected chi connectivity index (χ4v) is 5.65. The summed E-state index contributed by atoms with van der Waals surface area (Å²) in [6, 6.07) is 15.7. The second kappa shape index (κ2) is 16.6. The maximum absolute atomic E-state index is 13.9. The van der Waals surface area contributed by atoms with E-state index in [1.807, 2.05) is 36.4 Å². The Morgan fingerprint density at radius 1 is 1.00 bits per heavy atom. The average molecular weight is 609 g/mol. The van der Waals surface area contributed by atoms with Crippen molar-refractivity contribution in [2.45, 2.75) is 76.3 Å². The summed E-state index contributed by atoms with van der Waals surface area (Å²) in [5.74, 6) is -1.13. The van der Waals surface area contributed by atoms with Crippen molar-refractivity contribution < 1.29 is 28.2 Å². The fourth-order valence-electron chi connectivity index (χ4n) is 5.37. The van der Waals surface area contributed by atoms with Crippen LogP contribution in [0.4, 0.5) is 4.79 Å². The second-order valence-corrected chi connectivity index (χ2v) is 11.2. The highest BCUT2D eigenvalue weighted by molar-refractivity contribution is 7.17. The van der Waals surface area contributed by atoms with Gasteiger partial charge in [0.05, 0.1) is 12.4 Å². The molecule has 1 heterocycles. The third kappa shape index (κ3) is 9.81. The summed E-state index contributed by atoms with van der Waals surface area (Å²) in [7, 11) is -1.09. The Morgan fingerprint density at radius 2 is 1.67 bits per heavy atom. The number of nitrogens with two attached hydrogens (primary N) is 1. The number of benzene rings is 2. The van der Waals surface area contributed by atoms with Gasteiger partial charge in [0.25, 0.3) is 0 Å². The predicted molar refractivity (Wildman–Crippen MR) is 161 cm³/mol. The number of aromatic nitrogens is 2. The van der Waals surface area contributed by atoms with Gasteiger partial charge in [-0.15, -0.1) is 4.52 Å². The molecular weight excluding hydrogens is 569 g/mol. The van der Waals surface area contributed by atoms with Gasteiger partial charge in [0, 0.05) is 18.3 Å². The minimum absolute atomic E-state index is 0.0775. The summed E-state index contributed by atoms with van der Waals surface area (Å²) in [6.45, 7) is -0.111. The Kier molecular flexibility index (Phi) is 12.4. The summed E-state index contributed by atoms with van der Waals surface area (Å²) < 4.78 is 22.5. The van der Waals surface area contributed by atoms with Crippen molar-refractivity contribution in [2.24, 2.45) is 11.7 Å². The number of rotatable bonds is 14. The standard InChI is InChI=1S/C31H38N5O6P/c32-26(16-22-10-4-1-5-11-22)30(38)36(31(39)41-20-24-14-8-3-9-15-24)27(18-25-19-33-21-34-25)29(37)35-28(42-43-40)17-23-12-6-2-7-13-23/h1,3-5,8-11,14-15,19,21,23,26-28,43H,2,6-7,12-13,16-18,20,32H2,(H-,33,34,35,37)/p+1. The lowest BCUT2D eigenvalue weighted by Gasteiger charge is -2.31. The first-order valence-corrected chi connectivity index (χ1v) is 15.4. The van der Waals surface area contributed by atoms with Gasteiger partial charge >= 0.3 is 14.8 Å². The van der Waals surface area contributed by atoms with E-state index in [0.29, 0.717) is 23.6 Å². The van der Waals surface area contributed by atoms with Crippen LogP contribution in [0.3, 0.4) is 0 Å². The quantitative estimate of drug-likeness (QED) is 0.179. The van der Waals surface area contributed by atoms with Crippen molar-refractivity contribution in [3.63, 3.8) is 0 Å². The molecule has 11 nitrogen and oxygen atoms in total. The molecule has 2 aromatic carbocycles. The molecule has 1 aliphatic rings. The summed E-state index contributed by atoms with van der Waals surface area (Å²) in [6.07, 6.45) is 6.93. The van der Waals surface area contributed by atoms with Crippen LogP contribution in [0.25, 0.3) is 0 Å². The van der Waals surface area contributed by atoms with Crippen LogP contribution in [0.1, 0.15) is 55.3 Å². The highest BCUT2D eigenvalue weighted by Crippen LogP contribution is 2.28. The maximum atomic E-state index is 13.9. The molecule has 0 aliphatic heterocycles. The van der Waals surface area contributed by atoms with Gasteiger partial charge in [0.1, 0.15) is 12.6 Å². The van der Waals surface area contributed by atoms with Crippen molar-refractivity contribution in [1.29, 1.82) is 0 Å². The summed E-state index contributed by atoms with van der Waals surface area (Å²) >= 11 is 0. The largest absolute Gasteiger partial charge is 0.496 e. The van der Waals surface area contributed by atoms with Crippen LogP contribution < -0.4 is 11.1 Å². The Labute approximate surface area is 252 Å². The molecule has 12 heteroatoms. The van der Waals surface area contributed by atoms with E-state index in [-0.39, 0.29) is 19.4 Å². The lowest BCUT2D eigenvalue weighted by atomic mass is 9.86. The first-order valence-electron chi connectivity index (χ1n) is 14.6. The molecule has 4 unspecified atom stereocenters. The topological polar surface area (TPSA) is 157 Å². The normalized spacial score (nSPS) is 15.7. The van der Waals surface area contributed by atoms with Gasteiger partial charge in [-0.05, 0) is 34.5 Å². The lowest BCUT2D eigenvalue weighted by Crippen LogP contribution is -2.59. The maximum Gasteiger partial charge on any atom is 0.496 e. The SMILES string of the molecule is NC(Cc1ccccc1)C(=O)N(C(=O)OCc1ccccc1)C(Cc1cnc[nH]1)C(=O)NC(CC1CCCCC1)O[PH+]=O. The number of H-pyrrole nitrogens is 1. The molecule has 1 aliphatic carbocycles. The van der Waals surface area contributed by atoms with Gasteiger partial charge in [0.2, 0.25) is 11.8 Å². The predicted octanol–water partition coefficient (Wildman–Crippen LogP) is 4.42. The van der Waals surface area contributed by atoms with Gasteiger partial charge < -0.3 is 20.8 Å². The molecule has 0 saturated heterocycles. The van der Waals surface area contributed by atoms with Crippen LogP contribution in [-0.4, -0.2) is 51.1 Å². The number of nitrogens with one attached hydrogen (secondary N) is 2.